The molecule has 0 saturated carbocycles. The molecule has 0 aromatic carbocycles. The molecule has 2 rings (SSSR count). The molecule has 2 N–H and O–H groups in total. The number of rotatable bonds is 10. The summed E-state index contributed by atoms with van der Waals surface area (Å²) in [6.45, 7) is 2.40. The number of nitrogens with one attached hydrogen (secondary N) is 1. The number of unbranched alkanes of at least 4 members (excludes halogenated alkanes) is 2. The second kappa shape index (κ2) is 10.0. The molecule has 6 nitrogen and oxygen atoms in total. The fourth-order valence-electron chi connectivity index (χ4n) is 3.09. The summed E-state index contributed by atoms with van der Waals surface area (Å²) in [6, 6.07) is 5.79. The van der Waals surface area contributed by atoms with Crippen LogP contribution in [0.15, 0.2) is 24.4 Å². The molecule has 0 spiro atoms. The predicted molar refractivity (Wildman–Crippen MR) is 93.0 cm³/mol. The van der Waals surface area contributed by atoms with E-state index in [9.17, 15) is 9.59 Å². The molecule has 1 aliphatic rings. The number of nitrogens with zero attached hydrogens (tertiary/aromatic N) is 2. The molecule has 0 bridgehead atoms. The van der Waals surface area contributed by atoms with Crippen LogP contribution >= 0.6 is 0 Å². The van der Waals surface area contributed by atoms with Crippen LogP contribution in [0.3, 0.4) is 0 Å². The number of carbonyl (C=O) groups excluding carboxylic acids is 1. The fraction of sp³-hybridized carbons (Fsp3) is 0.611. The SMILES string of the molecule is O=C(O)CN1CCC(C(=O)CCCCCNc2ccccn2)CC1. The van der Waals surface area contributed by atoms with Crippen LogP contribution in [-0.4, -0.2) is 52.9 Å². The Hall–Kier alpha value is -1.95. The van der Waals surface area contributed by atoms with Gasteiger partial charge < -0.3 is 10.4 Å². The van der Waals surface area contributed by atoms with Crippen LogP contribution in [0.5, 0.6) is 0 Å². The highest BCUT2D eigenvalue weighted by Gasteiger charge is 2.25. The van der Waals surface area contributed by atoms with Gasteiger partial charge in [-0.25, -0.2) is 4.98 Å². The Labute approximate surface area is 143 Å². The second-order valence-corrected chi connectivity index (χ2v) is 6.36. The number of piperidine rings is 1. The lowest BCUT2D eigenvalue weighted by Crippen LogP contribution is -2.39. The minimum Gasteiger partial charge on any atom is -0.480 e. The molecular formula is C18H27N3O3. The topological polar surface area (TPSA) is 82.5 Å². The van der Waals surface area contributed by atoms with Gasteiger partial charge in [-0.2, -0.15) is 0 Å². The van der Waals surface area contributed by atoms with Gasteiger partial charge in [0.15, 0.2) is 0 Å². The Balaban J connectivity index is 1.52. The van der Waals surface area contributed by atoms with Gasteiger partial charge in [0.2, 0.25) is 0 Å². The van der Waals surface area contributed by atoms with Gasteiger partial charge in [0.1, 0.15) is 11.6 Å². The van der Waals surface area contributed by atoms with E-state index in [1.165, 1.54) is 0 Å². The normalized spacial score (nSPS) is 16.0. The number of hydrogen-bond acceptors (Lipinski definition) is 5. The number of pyridine rings is 1. The first kappa shape index (κ1) is 18.4. The molecule has 0 aliphatic carbocycles. The highest BCUT2D eigenvalue weighted by molar-refractivity contribution is 5.81. The van der Waals surface area contributed by atoms with E-state index >= 15 is 0 Å². The maximum Gasteiger partial charge on any atom is 0.317 e. The number of aliphatic carboxylic acids is 1. The van der Waals surface area contributed by atoms with E-state index in [0.29, 0.717) is 12.2 Å². The molecule has 6 heteroatoms. The van der Waals surface area contributed by atoms with E-state index in [2.05, 4.69) is 10.3 Å². The van der Waals surface area contributed by atoms with Crippen molar-refractivity contribution in [3.63, 3.8) is 0 Å². The Morgan fingerprint density at radius 2 is 2.00 bits per heavy atom. The van der Waals surface area contributed by atoms with E-state index < -0.39 is 5.97 Å². The van der Waals surface area contributed by atoms with E-state index in [0.717, 1.165) is 57.6 Å². The van der Waals surface area contributed by atoms with Crippen molar-refractivity contribution in [3.05, 3.63) is 24.4 Å². The summed E-state index contributed by atoms with van der Waals surface area (Å²) < 4.78 is 0. The van der Waals surface area contributed by atoms with Crippen LogP contribution in [0.4, 0.5) is 5.82 Å². The number of likely N-dealkylation sites (tertiary alicyclic amines) is 1. The van der Waals surface area contributed by atoms with E-state index in [1.807, 2.05) is 23.1 Å². The summed E-state index contributed by atoms with van der Waals surface area (Å²) in [5, 5.41) is 12.0. The second-order valence-electron chi connectivity index (χ2n) is 6.36. The highest BCUT2D eigenvalue weighted by atomic mass is 16.4. The first-order valence-electron chi connectivity index (χ1n) is 8.77. The minimum absolute atomic E-state index is 0.0875. The van der Waals surface area contributed by atoms with Gasteiger partial charge in [0.05, 0.1) is 6.54 Å². The molecule has 0 atom stereocenters. The fourth-order valence-corrected chi connectivity index (χ4v) is 3.09. The third-order valence-corrected chi connectivity index (χ3v) is 4.47. The number of carbonyl (C=O) groups is 2. The molecule has 2 heterocycles. The Morgan fingerprint density at radius 3 is 2.67 bits per heavy atom. The van der Waals surface area contributed by atoms with Crippen LogP contribution in [-0.2, 0) is 9.59 Å². The van der Waals surface area contributed by atoms with Crippen LogP contribution in [0.2, 0.25) is 0 Å². The van der Waals surface area contributed by atoms with Crippen molar-refractivity contribution in [2.45, 2.75) is 38.5 Å². The van der Waals surface area contributed by atoms with Crippen LogP contribution in [0.25, 0.3) is 0 Å². The molecule has 1 aromatic rings. The number of carboxylic acids is 1. The smallest absolute Gasteiger partial charge is 0.317 e. The van der Waals surface area contributed by atoms with Gasteiger partial charge in [-0.15, -0.1) is 0 Å². The number of Topliss-reactive ketones (excluding diaryl/α,β-unsaturated/α-hetero) is 1. The van der Waals surface area contributed by atoms with Crippen molar-refractivity contribution in [2.24, 2.45) is 5.92 Å². The van der Waals surface area contributed by atoms with Crippen LogP contribution in [0, 0.1) is 5.92 Å². The average Bonchev–Trinajstić information content (AvgIpc) is 2.59. The first-order chi connectivity index (χ1) is 11.6. The summed E-state index contributed by atoms with van der Waals surface area (Å²) in [5.74, 6) is 0.574. The molecule has 0 radical (unpaired) electrons. The minimum atomic E-state index is -0.793. The summed E-state index contributed by atoms with van der Waals surface area (Å²) >= 11 is 0. The van der Waals surface area contributed by atoms with Crippen molar-refractivity contribution in [1.29, 1.82) is 0 Å². The summed E-state index contributed by atoms with van der Waals surface area (Å²) in [4.78, 5) is 29.0. The van der Waals surface area contributed by atoms with Gasteiger partial charge in [-0.05, 0) is 50.9 Å². The molecule has 0 unspecified atom stereocenters. The zero-order chi connectivity index (χ0) is 17.2. The Morgan fingerprint density at radius 1 is 1.21 bits per heavy atom. The Kier molecular flexibility index (Phi) is 7.68. The van der Waals surface area contributed by atoms with Crippen molar-refractivity contribution in [3.8, 4) is 0 Å². The molecule has 1 saturated heterocycles. The maximum atomic E-state index is 12.2. The van der Waals surface area contributed by atoms with Crippen LogP contribution in [0.1, 0.15) is 38.5 Å². The van der Waals surface area contributed by atoms with Crippen LogP contribution < -0.4 is 5.32 Å². The number of ketones is 1. The highest BCUT2D eigenvalue weighted by Crippen LogP contribution is 2.20. The lowest BCUT2D eigenvalue weighted by atomic mass is 9.90. The maximum absolute atomic E-state index is 12.2. The third kappa shape index (κ3) is 6.66. The van der Waals surface area contributed by atoms with Gasteiger partial charge in [0.25, 0.3) is 0 Å². The van der Waals surface area contributed by atoms with Crippen molar-refractivity contribution in [2.75, 3.05) is 31.5 Å². The number of carboxylic acid groups (broad SMARTS) is 1. The van der Waals surface area contributed by atoms with Gasteiger partial charge >= 0.3 is 5.97 Å². The monoisotopic (exact) mass is 333 g/mol. The zero-order valence-electron chi connectivity index (χ0n) is 14.1. The van der Waals surface area contributed by atoms with Crippen molar-refractivity contribution < 1.29 is 14.7 Å². The lowest BCUT2D eigenvalue weighted by Gasteiger charge is -2.29. The third-order valence-electron chi connectivity index (χ3n) is 4.47. The van der Waals surface area contributed by atoms with Crippen molar-refractivity contribution in [1.82, 2.24) is 9.88 Å². The van der Waals surface area contributed by atoms with E-state index in [-0.39, 0.29) is 12.5 Å². The van der Waals surface area contributed by atoms with E-state index in [1.54, 1.807) is 6.20 Å². The number of hydrogen-bond donors (Lipinski definition) is 2. The summed E-state index contributed by atoms with van der Waals surface area (Å²) in [6.07, 6.45) is 7.00. The first-order valence-corrected chi connectivity index (χ1v) is 8.77. The molecule has 24 heavy (non-hydrogen) atoms. The van der Waals surface area contributed by atoms with Crippen molar-refractivity contribution >= 4 is 17.6 Å². The largest absolute Gasteiger partial charge is 0.480 e. The van der Waals surface area contributed by atoms with E-state index in [4.69, 9.17) is 5.11 Å². The molecule has 0 amide bonds. The number of anilines is 1. The molecule has 1 aliphatic heterocycles. The summed E-state index contributed by atoms with van der Waals surface area (Å²) in [5.41, 5.74) is 0. The zero-order valence-corrected chi connectivity index (χ0v) is 14.1. The molecular weight excluding hydrogens is 306 g/mol. The Bertz CT molecular complexity index is 514. The average molecular weight is 333 g/mol. The molecule has 1 fully saturated rings. The lowest BCUT2D eigenvalue weighted by molar-refractivity contribution is -0.138. The van der Waals surface area contributed by atoms with Gasteiger partial charge in [-0.3, -0.25) is 14.5 Å². The quantitative estimate of drug-likeness (QED) is 0.640. The summed E-state index contributed by atoms with van der Waals surface area (Å²) in [7, 11) is 0. The predicted octanol–water partition coefficient (Wildman–Crippen LogP) is 2.42. The molecule has 1 aromatic heterocycles. The molecule has 132 valence electrons. The number of aromatic nitrogens is 1. The van der Waals surface area contributed by atoms with Gasteiger partial charge in [-0.1, -0.05) is 12.5 Å². The standard InChI is InChI=1S/C18H27N3O3/c22-16(15-8-12-21(13-9-15)14-18(23)24)6-2-1-4-10-19-17-7-3-5-11-20-17/h3,5,7,11,15H,1-2,4,6,8-10,12-14H2,(H,19,20)(H,23,24). The van der Waals surface area contributed by atoms with Gasteiger partial charge in [0, 0.05) is 25.1 Å².